The Morgan fingerprint density at radius 3 is 2.50 bits per heavy atom. The number of aryl methyl sites for hydroxylation is 3. The van der Waals surface area contributed by atoms with E-state index in [0.717, 1.165) is 60.1 Å². The Morgan fingerprint density at radius 1 is 1.00 bits per heavy atom. The maximum absolute atomic E-state index is 14.0. The highest BCUT2D eigenvalue weighted by molar-refractivity contribution is 7.12. The first kappa shape index (κ1) is 30.4. The third kappa shape index (κ3) is 5.77. The maximum Gasteiger partial charge on any atom is 0.328 e. The number of hydrogen-bond acceptors (Lipinski definition) is 5. The number of thiazole rings is 1. The van der Waals surface area contributed by atoms with E-state index < -0.39 is 11.5 Å². The largest absolute Gasteiger partial charge is 0.478 e. The Labute approximate surface area is 272 Å². The number of carboxylic acids is 1. The topological polar surface area (TPSA) is 113 Å². The summed E-state index contributed by atoms with van der Waals surface area (Å²) in [5, 5.41) is 17.4. The monoisotopic (exact) mass is 636 g/mol. The summed E-state index contributed by atoms with van der Waals surface area (Å²) in [5.74, 6) is -0.985. The van der Waals surface area contributed by atoms with Gasteiger partial charge in [-0.25, -0.2) is 9.78 Å². The number of carboxylic acid groups (broad SMARTS) is 1. The van der Waals surface area contributed by atoms with Gasteiger partial charge in [-0.1, -0.05) is 50.3 Å². The average Bonchev–Trinajstić information content (AvgIpc) is 3.74. The Bertz CT molecular complexity index is 1840. The van der Waals surface area contributed by atoms with Gasteiger partial charge in [0.1, 0.15) is 11.2 Å². The summed E-state index contributed by atoms with van der Waals surface area (Å²) in [6, 6.07) is 13.1. The molecule has 8 nitrogen and oxygen atoms in total. The number of carbonyl (C=O) groups excluding carboxylic acids is 2. The molecule has 0 bridgehead atoms. The second-order valence-corrected chi connectivity index (χ2v) is 14.4. The van der Waals surface area contributed by atoms with E-state index in [1.165, 1.54) is 59.7 Å². The molecule has 2 aromatic heterocycles. The minimum atomic E-state index is -1.02. The summed E-state index contributed by atoms with van der Waals surface area (Å²) < 4.78 is 2.43. The van der Waals surface area contributed by atoms with Crippen molar-refractivity contribution in [2.24, 2.45) is 0 Å². The number of fused-ring (bicyclic) bond motifs is 5. The highest BCUT2D eigenvalue weighted by atomic mass is 32.1. The van der Waals surface area contributed by atoms with Crippen molar-refractivity contribution in [2.45, 2.75) is 95.6 Å². The van der Waals surface area contributed by atoms with Crippen molar-refractivity contribution in [2.75, 3.05) is 5.32 Å². The molecular formula is C37H40N4O4S. The number of carbonyl (C=O) groups is 3. The van der Waals surface area contributed by atoms with Crippen molar-refractivity contribution in [1.29, 1.82) is 0 Å². The molecule has 7 rings (SSSR count). The molecule has 0 unspecified atom stereocenters. The number of aliphatic carboxylic acids is 1. The van der Waals surface area contributed by atoms with Crippen LogP contribution in [0.1, 0.15) is 101 Å². The number of nitrogens with one attached hydrogen (secondary N) is 2. The molecule has 2 fully saturated rings. The highest BCUT2D eigenvalue weighted by Crippen LogP contribution is 2.47. The van der Waals surface area contributed by atoms with Gasteiger partial charge in [0.05, 0.1) is 10.7 Å². The lowest BCUT2D eigenvalue weighted by molar-refractivity contribution is -0.131. The van der Waals surface area contributed by atoms with Crippen LogP contribution in [-0.4, -0.2) is 38.0 Å². The van der Waals surface area contributed by atoms with E-state index in [1.54, 1.807) is 24.3 Å². The van der Waals surface area contributed by atoms with Crippen LogP contribution in [0.4, 0.5) is 5.69 Å². The number of rotatable bonds is 7. The minimum Gasteiger partial charge on any atom is -0.478 e. The first-order valence-corrected chi connectivity index (χ1v) is 17.4. The van der Waals surface area contributed by atoms with Gasteiger partial charge in [0, 0.05) is 39.7 Å². The van der Waals surface area contributed by atoms with Crippen LogP contribution in [0.3, 0.4) is 0 Å². The normalized spacial score (nSPS) is 17.8. The third-order valence-corrected chi connectivity index (χ3v) is 11.1. The standard InChI is InChI=1S/C37H40N4O4S/c1-23-38-33-30(46-23)10-7-21-41-29-22-26(14-17-28(29)32(34(33)41)25-8-3-2-4-9-25)35(44)40-37(19-5-6-20-37)36(45)39-27-15-11-24(12-16-27)13-18-31(42)43/h11-18,22,25H,2-10,19-21H2,1H3,(H,39,45)(H,40,44)(H,42,43)/b18-13+. The quantitative estimate of drug-likeness (QED) is 0.179. The Morgan fingerprint density at radius 2 is 1.76 bits per heavy atom. The smallest absolute Gasteiger partial charge is 0.328 e. The molecule has 4 aromatic rings. The molecule has 46 heavy (non-hydrogen) atoms. The second-order valence-electron chi connectivity index (χ2n) is 13.1. The molecule has 3 N–H and O–H groups in total. The molecular weight excluding hydrogens is 596 g/mol. The van der Waals surface area contributed by atoms with E-state index in [1.807, 2.05) is 23.5 Å². The Hall–Kier alpha value is -4.24. The predicted molar refractivity (Wildman–Crippen MR) is 182 cm³/mol. The molecule has 0 saturated heterocycles. The number of anilines is 1. The lowest BCUT2D eigenvalue weighted by Crippen LogP contribution is -2.55. The molecule has 0 atom stereocenters. The average molecular weight is 637 g/mol. The van der Waals surface area contributed by atoms with Crippen LogP contribution >= 0.6 is 11.3 Å². The van der Waals surface area contributed by atoms with Crippen LogP contribution in [0.15, 0.2) is 48.5 Å². The number of amides is 2. The number of nitrogens with zero attached hydrogens (tertiary/aromatic N) is 2. The molecule has 2 saturated carbocycles. The van der Waals surface area contributed by atoms with Gasteiger partial charge in [0.2, 0.25) is 5.91 Å². The molecule has 0 spiro atoms. The molecule has 0 radical (unpaired) electrons. The first-order valence-electron chi connectivity index (χ1n) is 16.6. The Balaban J connectivity index is 1.19. The molecule has 3 heterocycles. The van der Waals surface area contributed by atoms with Gasteiger partial charge in [-0.2, -0.15) is 0 Å². The van der Waals surface area contributed by atoms with Gasteiger partial charge >= 0.3 is 5.97 Å². The zero-order valence-corrected chi connectivity index (χ0v) is 27.0. The van der Waals surface area contributed by atoms with E-state index in [0.29, 0.717) is 30.0 Å². The zero-order chi connectivity index (χ0) is 31.8. The van der Waals surface area contributed by atoms with Crippen LogP contribution in [0, 0.1) is 6.92 Å². The van der Waals surface area contributed by atoms with Crippen LogP contribution in [-0.2, 0) is 22.6 Å². The molecule has 2 aromatic carbocycles. The van der Waals surface area contributed by atoms with E-state index >= 15 is 0 Å². The summed E-state index contributed by atoms with van der Waals surface area (Å²) in [7, 11) is 0. The molecule has 1 aliphatic heterocycles. The molecule has 238 valence electrons. The predicted octanol–water partition coefficient (Wildman–Crippen LogP) is 7.85. The van der Waals surface area contributed by atoms with Crippen molar-refractivity contribution in [1.82, 2.24) is 14.9 Å². The number of hydrogen-bond donors (Lipinski definition) is 3. The summed E-state index contributed by atoms with van der Waals surface area (Å²) >= 11 is 1.81. The lowest BCUT2D eigenvalue weighted by atomic mass is 9.82. The second kappa shape index (κ2) is 12.5. The summed E-state index contributed by atoms with van der Waals surface area (Å²) in [6.07, 6.45) is 13.7. The van der Waals surface area contributed by atoms with Gasteiger partial charge in [0.25, 0.3) is 5.91 Å². The van der Waals surface area contributed by atoms with Gasteiger partial charge in [-0.15, -0.1) is 11.3 Å². The van der Waals surface area contributed by atoms with E-state index in [-0.39, 0.29) is 11.8 Å². The van der Waals surface area contributed by atoms with Crippen LogP contribution in [0.5, 0.6) is 0 Å². The zero-order valence-electron chi connectivity index (χ0n) is 26.2. The van der Waals surface area contributed by atoms with Crippen LogP contribution < -0.4 is 10.6 Å². The first-order chi connectivity index (χ1) is 22.3. The maximum atomic E-state index is 14.0. The van der Waals surface area contributed by atoms with Crippen molar-refractivity contribution in [3.63, 3.8) is 0 Å². The molecule has 2 aliphatic carbocycles. The van der Waals surface area contributed by atoms with Crippen molar-refractivity contribution < 1.29 is 19.5 Å². The number of benzene rings is 2. The molecule has 2 amide bonds. The Kier molecular flexibility index (Phi) is 8.27. The third-order valence-electron chi connectivity index (χ3n) is 10.0. The van der Waals surface area contributed by atoms with Crippen molar-refractivity contribution >= 4 is 51.8 Å². The minimum absolute atomic E-state index is 0.226. The van der Waals surface area contributed by atoms with Gasteiger partial charge in [-0.3, -0.25) is 9.59 Å². The van der Waals surface area contributed by atoms with Crippen molar-refractivity contribution in [3.8, 4) is 11.4 Å². The SMILES string of the molecule is Cc1nc2c(s1)CCCn1c-2c(C2CCCCC2)c2ccc(C(=O)NC3(C(=O)Nc4ccc(/C=C/C(=O)O)cc4)CCCC3)cc21. The summed E-state index contributed by atoms with van der Waals surface area (Å²) in [6.45, 7) is 2.99. The van der Waals surface area contributed by atoms with E-state index in [2.05, 4.69) is 28.2 Å². The highest BCUT2D eigenvalue weighted by Gasteiger charge is 2.43. The molecule has 3 aliphatic rings. The summed E-state index contributed by atoms with van der Waals surface area (Å²) in [5.41, 5.74) is 5.77. The van der Waals surface area contributed by atoms with Crippen LogP contribution in [0.25, 0.3) is 28.4 Å². The van der Waals surface area contributed by atoms with Crippen LogP contribution in [0.2, 0.25) is 0 Å². The number of aromatic nitrogens is 2. The van der Waals surface area contributed by atoms with Crippen molar-refractivity contribution in [3.05, 3.63) is 75.1 Å². The van der Waals surface area contributed by atoms with E-state index in [4.69, 9.17) is 10.1 Å². The van der Waals surface area contributed by atoms with E-state index in [9.17, 15) is 14.4 Å². The fraction of sp³-hybridized carbons (Fsp3) is 0.405. The summed E-state index contributed by atoms with van der Waals surface area (Å²) in [4.78, 5) is 44.9. The fourth-order valence-corrected chi connectivity index (χ4v) is 8.78. The lowest BCUT2D eigenvalue weighted by Gasteiger charge is -2.29. The molecule has 9 heteroatoms. The van der Waals surface area contributed by atoms with Gasteiger partial charge < -0.3 is 20.3 Å². The van der Waals surface area contributed by atoms with Gasteiger partial charge in [0.15, 0.2) is 0 Å². The fourth-order valence-electron chi connectivity index (χ4n) is 7.80. The van der Waals surface area contributed by atoms with Gasteiger partial charge in [-0.05, 0) is 92.8 Å².